The van der Waals surface area contributed by atoms with E-state index >= 15 is 0 Å². The molecule has 2 saturated heterocycles. The van der Waals surface area contributed by atoms with Gasteiger partial charge in [-0.1, -0.05) is 15.9 Å². The molecule has 0 spiro atoms. The second kappa shape index (κ2) is 3.93. The first-order valence-electron chi connectivity index (χ1n) is 5.69. The summed E-state index contributed by atoms with van der Waals surface area (Å²) in [6.07, 6.45) is 4.37. The molecule has 0 radical (unpaired) electrons. The van der Waals surface area contributed by atoms with Gasteiger partial charge in [-0.05, 0) is 37.5 Å². The van der Waals surface area contributed by atoms with Crippen LogP contribution in [0.4, 0.5) is 11.4 Å². The van der Waals surface area contributed by atoms with Gasteiger partial charge in [-0.2, -0.15) is 0 Å². The van der Waals surface area contributed by atoms with Crippen LogP contribution in [0.15, 0.2) is 22.7 Å². The van der Waals surface area contributed by atoms with Crippen LogP contribution in [0, 0.1) is 0 Å². The van der Waals surface area contributed by atoms with E-state index < -0.39 is 0 Å². The van der Waals surface area contributed by atoms with Crippen molar-refractivity contribution in [2.24, 2.45) is 0 Å². The fourth-order valence-electron chi connectivity index (χ4n) is 2.65. The fraction of sp³-hybridized carbons (Fsp3) is 0.500. The Morgan fingerprint density at radius 1 is 1.38 bits per heavy atom. The van der Waals surface area contributed by atoms with Crippen LogP contribution < -0.4 is 11.1 Å². The molecule has 0 aromatic heterocycles. The van der Waals surface area contributed by atoms with Crippen LogP contribution in [0.1, 0.15) is 19.3 Å². The third kappa shape index (κ3) is 1.80. The summed E-state index contributed by atoms with van der Waals surface area (Å²) in [5.74, 6) is 0. The first-order valence-corrected chi connectivity index (χ1v) is 6.49. The van der Waals surface area contributed by atoms with Gasteiger partial charge in [0.15, 0.2) is 0 Å². The molecule has 1 aromatic carbocycles. The highest BCUT2D eigenvalue weighted by Gasteiger charge is 2.40. The Balaban J connectivity index is 1.74. The lowest BCUT2D eigenvalue weighted by Crippen LogP contribution is -2.30. The average molecular weight is 283 g/mol. The first kappa shape index (κ1) is 10.4. The predicted molar refractivity (Wildman–Crippen MR) is 68.5 cm³/mol. The highest BCUT2D eigenvalue weighted by molar-refractivity contribution is 9.10. The van der Waals surface area contributed by atoms with Crippen LogP contribution in [0.25, 0.3) is 0 Å². The number of hydrogen-bond donors (Lipinski definition) is 2. The summed E-state index contributed by atoms with van der Waals surface area (Å²) in [7, 11) is 0. The lowest BCUT2D eigenvalue weighted by Gasteiger charge is -2.22. The molecule has 3 rings (SSSR count). The normalized spacial score (nSPS) is 31.9. The molecular formula is C12H15BrN2O. The molecule has 86 valence electrons. The van der Waals surface area contributed by atoms with Crippen LogP contribution in [0.5, 0.6) is 0 Å². The number of hydrogen-bond acceptors (Lipinski definition) is 3. The third-order valence-electron chi connectivity index (χ3n) is 3.46. The molecule has 3 N–H and O–H groups in total. The van der Waals surface area contributed by atoms with Crippen molar-refractivity contribution in [1.29, 1.82) is 0 Å². The predicted octanol–water partition coefficient (Wildman–Crippen LogP) is 2.76. The smallest absolute Gasteiger partial charge is 0.0781 e. The topological polar surface area (TPSA) is 47.3 Å². The van der Waals surface area contributed by atoms with Crippen LogP contribution in [-0.4, -0.2) is 18.2 Å². The molecule has 0 aliphatic carbocycles. The molecule has 0 saturated carbocycles. The average Bonchev–Trinajstić information content (AvgIpc) is 2.84. The van der Waals surface area contributed by atoms with Gasteiger partial charge in [0.25, 0.3) is 0 Å². The number of nitrogens with one attached hydrogen (secondary N) is 1. The Morgan fingerprint density at radius 2 is 2.25 bits per heavy atom. The number of anilines is 2. The Bertz CT molecular complexity index is 410. The summed E-state index contributed by atoms with van der Waals surface area (Å²) in [6.45, 7) is 0. The van der Waals surface area contributed by atoms with Gasteiger partial charge in [-0.15, -0.1) is 0 Å². The molecule has 1 aromatic rings. The van der Waals surface area contributed by atoms with Gasteiger partial charge in [-0.25, -0.2) is 0 Å². The highest BCUT2D eigenvalue weighted by Crippen LogP contribution is 2.37. The molecular weight excluding hydrogens is 268 g/mol. The molecule has 3 nitrogen and oxygen atoms in total. The monoisotopic (exact) mass is 282 g/mol. The van der Waals surface area contributed by atoms with Gasteiger partial charge in [0, 0.05) is 4.47 Å². The van der Waals surface area contributed by atoms with Crippen LogP contribution in [0.3, 0.4) is 0 Å². The maximum absolute atomic E-state index is 5.96. The highest BCUT2D eigenvalue weighted by atomic mass is 79.9. The molecule has 2 aliphatic heterocycles. The third-order valence-corrected chi connectivity index (χ3v) is 3.95. The second-order valence-corrected chi connectivity index (χ2v) is 5.51. The Labute approximate surface area is 103 Å². The van der Waals surface area contributed by atoms with E-state index in [4.69, 9.17) is 10.5 Å². The van der Waals surface area contributed by atoms with E-state index in [-0.39, 0.29) is 0 Å². The van der Waals surface area contributed by atoms with Crippen molar-refractivity contribution in [3.8, 4) is 0 Å². The zero-order valence-corrected chi connectivity index (χ0v) is 10.5. The van der Waals surface area contributed by atoms with E-state index in [0.717, 1.165) is 22.3 Å². The van der Waals surface area contributed by atoms with Crippen molar-refractivity contribution in [3.63, 3.8) is 0 Å². The molecule has 2 bridgehead atoms. The zero-order chi connectivity index (χ0) is 11.1. The minimum absolute atomic E-state index is 0.382. The van der Waals surface area contributed by atoms with Crippen molar-refractivity contribution < 1.29 is 4.74 Å². The van der Waals surface area contributed by atoms with E-state index in [1.54, 1.807) is 0 Å². The number of benzene rings is 1. The number of fused-ring (bicyclic) bond motifs is 2. The summed E-state index contributed by atoms with van der Waals surface area (Å²) in [6, 6.07) is 6.39. The van der Waals surface area contributed by atoms with Crippen molar-refractivity contribution >= 4 is 27.3 Å². The Morgan fingerprint density at radius 3 is 2.88 bits per heavy atom. The molecule has 2 aliphatic rings. The summed E-state index contributed by atoms with van der Waals surface area (Å²) in [5.41, 5.74) is 7.77. The first-order chi connectivity index (χ1) is 7.72. The van der Waals surface area contributed by atoms with Gasteiger partial charge >= 0.3 is 0 Å². The standard InChI is InChI=1S/C12H15BrN2O/c13-7-1-3-10(9(14)5-7)15-11-6-8-2-4-12(11)16-8/h1,3,5,8,11-12,15H,2,4,6,14H2. The van der Waals surface area contributed by atoms with E-state index in [2.05, 4.69) is 21.2 Å². The maximum Gasteiger partial charge on any atom is 0.0781 e. The zero-order valence-electron chi connectivity index (χ0n) is 8.95. The van der Waals surface area contributed by atoms with Gasteiger partial charge < -0.3 is 15.8 Å². The minimum Gasteiger partial charge on any atom is -0.397 e. The van der Waals surface area contributed by atoms with E-state index in [9.17, 15) is 0 Å². The number of nitrogens with two attached hydrogens (primary N) is 1. The summed E-state index contributed by atoms with van der Waals surface area (Å²) in [4.78, 5) is 0. The van der Waals surface area contributed by atoms with Crippen LogP contribution in [-0.2, 0) is 4.74 Å². The summed E-state index contributed by atoms with van der Waals surface area (Å²) < 4.78 is 6.82. The van der Waals surface area contributed by atoms with Gasteiger partial charge in [-0.3, -0.25) is 0 Å². The number of nitrogen functional groups attached to an aromatic ring is 1. The molecule has 0 amide bonds. The van der Waals surface area contributed by atoms with Gasteiger partial charge in [0.1, 0.15) is 0 Å². The van der Waals surface area contributed by atoms with E-state index in [1.807, 2.05) is 18.2 Å². The summed E-state index contributed by atoms with van der Waals surface area (Å²) >= 11 is 3.41. The molecule has 2 fully saturated rings. The second-order valence-electron chi connectivity index (χ2n) is 4.59. The van der Waals surface area contributed by atoms with Crippen molar-refractivity contribution in [2.45, 2.75) is 37.5 Å². The summed E-state index contributed by atoms with van der Waals surface area (Å²) in [5, 5.41) is 3.50. The van der Waals surface area contributed by atoms with Gasteiger partial charge in [0.05, 0.1) is 29.6 Å². The quantitative estimate of drug-likeness (QED) is 0.820. The van der Waals surface area contributed by atoms with Crippen LogP contribution in [0.2, 0.25) is 0 Å². The molecule has 3 atom stereocenters. The van der Waals surface area contributed by atoms with E-state index in [1.165, 1.54) is 12.8 Å². The Hall–Kier alpha value is -0.740. The molecule has 16 heavy (non-hydrogen) atoms. The molecule has 3 unspecified atom stereocenters. The van der Waals surface area contributed by atoms with Crippen molar-refractivity contribution in [3.05, 3.63) is 22.7 Å². The van der Waals surface area contributed by atoms with Crippen molar-refractivity contribution in [2.75, 3.05) is 11.1 Å². The maximum atomic E-state index is 5.96. The van der Waals surface area contributed by atoms with Crippen molar-refractivity contribution in [1.82, 2.24) is 0 Å². The Kier molecular flexibility index (Phi) is 2.56. The lowest BCUT2D eigenvalue weighted by atomic mass is 9.95. The minimum atomic E-state index is 0.382. The number of rotatable bonds is 2. The van der Waals surface area contributed by atoms with Crippen LogP contribution >= 0.6 is 15.9 Å². The number of ether oxygens (including phenoxy) is 1. The van der Waals surface area contributed by atoms with Gasteiger partial charge in [0.2, 0.25) is 0 Å². The SMILES string of the molecule is Nc1cc(Br)ccc1NC1CC2CCC1O2. The number of halogens is 1. The largest absolute Gasteiger partial charge is 0.397 e. The molecule has 2 heterocycles. The lowest BCUT2D eigenvalue weighted by molar-refractivity contribution is 0.102. The van der Waals surface area contributed by atoms with E-state index in [0.29, 0.717) is 18.2 Å². The molecule has 4 heteroatoms. The fourth-order valence-corrected chi connectivity index (χ4v) is 3.03.